The summed E-state index contributed by atoms with van der Waals surface area (Å²) in [7, 11) is 0. The van der Waals surface area contributed by atoms with Crippen molar-refractivity contribution in [2.24, 2.45) is 0 Å². The topological polar surface area (TPSA) is 128 Å². The lowest BCUT2D eigenvalue weighted by Crippen LogP contribution is -2.29. The number of benzene rings is 1. The van der Waals surface area contributed by atoms with Crippen molar-refractivity contribution < 1.29 is 14.6 Å². The van der Waals surface area contributed by atoms with E-state index in [0.29, 0.717) is 23.5 Å². The molecule has 1 aromatic heterocycles. The highest BCUT2D eigenvalue weighted by Crippen LogP contribution is 2.32. The Balaban J connectivity index is 1.99. The van der Waals surface area contributed by atoms with Gasteiger partial charge < -0.3 is 25.3 Å². The van der Waals surface area contributed by atoms with E-state index in [9.17, 15) is 15.6 Å². The first kappa shape index (κ1) is 16.9. The summed E-state index contributed by atoms with van der Waals surface area (Å²) >= 11 is 5.13. The minimum absolute atomic E-state index is 0.119. The fourth-order valence-electron chi connectivity index (χ4n) is 2.64. The molecule has 126 valence electrons. The van der Waals surface area contributed by atoms with Crippen molar-refractivity contribution in [1.29, 1.82) is 10.5 Å². The van der Waals surface area contributed by atoms with Crippen molar-refractivity contribution in [2.75, 3.05) is 18.9 Å². The molecule has 0 aliphatic carbocycles. The number of hydrogen-bond acceptors (Lipinski definition) is 7. The summed E-state index contributed by atoms with van der Waals surface area (Å²) in [5, 5.41) is 28.5. The maximum Gasteiger partial charge on any atom is 0.150 e. The third kappa shape index (κ3) is 3.19. The van der Waals surface area contributed by atoms with Gasteiger partial charge in [-0.05, 0) is 17.7 Å². The lowest BCUT2D eigenvalue weighted by molar-refractivity contribution is 0.0733. The highest BCUT2D eigenvalue weighted by molar-refractivity contribution is 7.71. The van der Waals surface area contributed by atoms with Crippen LogP contribution in [0, 0.1) is 27.3 Å². The van der Waals surface area contributed by atoms with Crippen LogP contribution in [0.2, 0.25) is 0 Å². The van der Waals surface area contributed by atoms with Crippen LogP contribution in [0.5, 0.6) is 5.75 Å². The number of nitrogens with one attached hydrogen (secondary N) is 1. The van der Waals surface area contributed by atoms with E-state index in [1.54, 1.807) is 24.3 Å². The fourth-order valence-corrected chi connectivity index (χ4v) is 2.90. The van der Waals surface area contributed by atoms with Crippen molar-refractivity contribution in [3.8, 4) is 29.0 Å². The van der Waals surface area contributed by atoms with Gasteiger partial charge in [-0.25, -0.2) is 0 Å². The molecular weight excluding hydrogens is 340 g/mol. The second-order valence-electron chi connectivity index (χ2n) is 5.50. The summed E-state index contributed by atoms with van der Waals surface area (Å²) < 4.78 is 11.0. The zero-order valence-corrected chi connectivity index (χ0v) is 13.8. The SMILES string of the molecule is N#Cc1c(N)[nH]c(=S)c(C#N)c1-c1ccc(O[C@@H]2COC[C@H]2O)cc1. The number of pyridine rings is 1. The van der Waals surface area contributed by atoms with Crippen LogP contribution in [0.3, 0.4) is 0 Å². The second-order valence-corrected chi connectivity index (χ2v) is 5.91. The lowest BCUT2D eigenvalue weighted by atomic mass is 9.97. The molecule has 1 fully saturated rings. The Morgan fingerprint density at radius 1 is 1.20 bits per heavy atom. The second kappa shape index (κ2) is 6.91. The minimum atomic E-state index is -0.665. The van der Waals surface area contributed by atoms with Crippen LogP contribution in [0.15, 0.2) is 24.3 Å². The summed E-state index contributed by atoms with van der Waals surface area (Å²) in [6.45, 7) is 0.575. The van der Waals surface area contributed by atoms with E-state index in [0.717, 1.165) is 0 Å². The molecule has 0 bridgehead atoms. The lowest BCUT2D eigenvalue weighted by Gasteiger charge is -2.16. The van der Waals surface area contributed by atoms with Crippen molar-refractivity contribution in [3.05, 3.63) is 40.0 Å². The van der Waals surface area contributed by atoms with Gasteiger partial charge >= 0.3 is 0 Å². The van der Waals surface area contributed by atoms with Crippen LogP contribution in [0.25, 0.3) is 11.1 Å². The van der Waals surface area contributed by atoms with Crippen LogP contribution < -0.4 is 10.5 Å². The molecule has 1 aromatic carbocycles. The number of rotatable bonds is 3. The number of aliphatic hydroxyl groups is 1. The van der Waals surface area contributed by atoms with E-state index >= 15 is 0 Å². The predicted molar refractivity (Wildman–Crippen MR) is 92.1 cm³/mol. The molecule has 3 rings (SSSR count). The number of hydrogen-bond donors (Lipinski definition) is 3. The number of nitrogen functional groups attached to an aromatic ring is 1. The van der Waals surface area contributed by atoms with Gasteiger partial charge in [-0.1, -0.05) is 24.4 Å². The Hall–Kier alpha value is -2.91. The van der Waals surface area contributed by atoms with Gasteiger partial charge in [0, 0.05) is 5.56 Å². The smallest absolute Gasteiger partial charge is 0.150 e. The zero-order chi connectivity index (χ0) is 18.0. The first-order valence-corrected chi connectivity index (χ1v) is 7.84. The molecular formula is C17H14N4O3S. The van der Waals surface area contributed by atoms with Crippen LogP contribution in [-0.2, 0) is 4.74 Å². The Morgan fingerprint density at radius 3 is 2.44 bits per heavy atom. The average Bonchev–Trinajstić information content (AvgIpc) is 3.00. The van der Waals surface area contributed by atoms with Gasteiger partial charge in [0.1, 0.15) is 46.1 Å². The largest absolute Gasteiger partial charge is 0.485 e. The Labute approximate surface area is 148 Å². The molecule has 0 unspecified atom stereocenters. The fraction of sp³-hybridized carbons (Fsp3) is 0.235. The average molecular weight is 354 g/mol. The number of nitriles is 2. The molecule has 25 heavy (non-hydrogen) atoms. The summed E-state index contributed by atoms with van der Waals surface area (Å²) in [5.41, 5.74) is 7.19. The van der Waals surface area contributed by atoms with E-state index in [-0.39, 0.29) is 28.2 Å². The van der Waals surface area contributed by atoms with Crippen molar-refractivity contribution >= 4 is 18.0 Å². The van der Waals surface area contributed by atoms with E-state index in [2.05, 4.69) is 4.98 Å². The molecule has 0 spiro atoms. The third-order valence-corrected chi connectivity index (χ3v) is 4.20. The normalized spacial score (nSPS) is 19.2. The Kier molecular flexibility index (Phi) is 4.68. The Morgan fingerprint density at radius 2 is 1.88 bits per heavy atom. The van der Waals surface area contributed by atoms with Crippen LogP contribution >= 0.6 is 12.2 Å². The van der Waals surface area contributed by atoms with E-state index in [1.807, 2.05) is 12.1 Å². The number of H-pyrrole nitrogens is 1. The first-order valence-electron chi connectivity index (χ1n) is 7.44. The van der Waals surface area contributed by atoms with Crippen molar-refractivity contribution in [2.45, 2.75) is 12.2 Å². The van der Waals surface area contributed by atoms with Crippen molar-refractivity contribution in [1.82, 2.24) is 4.98 Å². The van der Waals surface area contributed by atoms with Gasteiger partial charge in [0.05, 0.1) is 18.8 Å². The van der Waals surface area contributed by atoms with E-state index in [4.69, 9.17) is 27.4 Å². The highest BCUT2D eigenvalue weighted by Gasteiger charge is 2.28. The zero-order valence-electron chi connectivity index (χ0n) is 13.0. The van der Waals surface area contributed by atoms with E-state index in [1.165, 1.54) is 0 Å². The molecule has 8 heteroatoms. The number of nitrogens with zero attached hydrogens (tertiary/aromatic N) is 2. The van der Waals surface area contributed by atoms with Gasteiger partial charge in [0.15, 0.2) is 0 Å². The summed E-state index contributed by atoms with van der Waals surface area (Å²) in [4.78, 5) is 2.67. The molecule has 2 atom stereocenters. The molecule has 0 radical (unpaired) electrons. The number of aromatic amines is 1. The van der Waals surface area contributed by atoms with Crippen LogP contribution in [0.1, 0.15) is 11.1 Å². The predicted octanol–water partition coefficient (Wildman–Crippen LogP) is 1.88. The van der Waals surface area contributed by atoms with Crippen LogP contribution in [-0.4, -0.2) is 35.5 Å². The number of nitrogens with two attached hydrogens (primary N) is 1. The van der Waals surface area contributed by atoms with Gasteiger partial charge in [-0.15, -0.1) is 0 Å². The van der Waals surface area contributed by atoms with E-state index < -0.39 is 12.2 Å². The minimum Gasteiger partial charge on any atom is -0.485 e. The molecule has 2 aromatic rings. The molecule has 1 aliphatic rings. The molecule has 1 saturated heterocycles. The summed E-state index contributed by atoms with van der Waals surface area (Å²) in [6.07, 6.45) is -1.08. The van der Waals surface area contributed by atoms with Gasteiger partial charge in [0.25, 0.3) is 0 Å². The molecule has 2 heterocycles. The first-order chi connectivity index (χ1) is 12.0. The number of anilines is 1. The number of aromatic nitrogens is 1. The van der Waals surface area contributed by atoms with Gasteiger partial charge in [-0.2, -0.15) is 10.5 Å². The molecule has 4 N–H and O–H groups in total. The Bertz CT molecular complexity index is 941. The molecule has 0 saturated carbocycles. The molecule has 7 nitrogen and oxygen atoms in total. The third-order valence-electron chi connectivity index (χ3n) is 3.90. The molecule has 1 aliphatic heterocycles. The number of ether oxygens (including phenoxy) is 2. The maximum atomic E-state index is 9.73. The summed E-state index contributed by atoms with van der Waals surface area (Å²) in [5.74, 6) is 0.664. The molecule has 0 amide bonds. The highest BCUT2D eigenvalue weighted by atomic mass is 32.1. The maximum absolute atomic E-state index is 9.73. The van der Waals surface area contributed by atoms with Gasteiger partial charge in [0.2, 0.25) is 0 Å². The summed E-state index contributed by atoms with van der Waals surface area (Å²) in [6, 6.07) is 10.8. The quantitative estimate of drug-likeness (QED) is 0.718. The number of aliphatic hydroxyl groups excluding tert-OH is 1. The standard InChI is InChI=1S/C17H14N4O3S/c18-5-11-15(12(6-19)17(25)21-16(11)20)9-1-3-10(4-2-9)24-14-8-23-7-13(14)22/h1-4,13-14,22H,7-8H2,(H3,20,21,25)/t13-,14-/m1/s1. The van der Waals surface area contributed by atoms with Crippen molar-refractivity contribution in [3.63, 3.8) is 0 Å². The monoisotopic (exact) mass is 354 g/mol. The van der Waals surface area contributed by atoms with Crippen LogP contribution in [0.4, 0.5) is 5.82 Å². The van der Waals surface area contributed by atoms with Gasteiger partial charge in [-0.3, -0.25) is 0 Å².